The Balaban J connectivity index is 2.19. The number of thiocarbonyl (C=S) groups is 1. The first-order valence-electron chi connectivity index (χ1n) is 3.77. The molecule has 0 amide bonds. The van der Waals surface area contributed by atoms with E-state index in [1.165, 1.54) is 11.8 Å². The van der Waals surface area contributed by atoms with Crippen LogP contribution in [0.15, 0.2) is 0 Å². The summed E-state index contributed by atoms with van der Waals surface area (Å²) in [7, 11) is 3.76. The normalized spacial score (nSPS) is 20.8. The highest BCUT2D eigenvalue weighted by Gasteiger charge is 2.25. The number of thioether (sulfide) groups is 1. The molecular weight excluding hydrogens is 210 g/mol. The second-order valence-corrected chi connectivity index (χ2v) is 4.43. The summed E-state index contributed by atoms with van der Waals surface area (Å²) in [6, 6.07) is 0. The summed E-state index contributed by atoms with van der Waals surface area (Å²) in [6.07, 6.45) is -0.739. The molecule has 0 aliphatic carbocycles. The molecule has 1 fully saturated rings. The molecule has 0 spiro atoms. The molecule has 74 valence electrons. The molecule has 1 atom stereocenters. The molecule has 6 heteroatoms. The van der Waals surface area contributed by atoms with Gasteiger partial charge in [-0.3, -0.25) is 0 Å². The van der Waals surface area contributed by atoms with E-state index in [1.807, 2.05) is 19.0 Å². The summed E-state index contributed by atoms with van der Waals surface area (Å²) < 4.78 is 10.2. The highest BCUT2D eigenvalue weighted by molar-refractivity contribution is 8.22. The van der Waals surface area contributed by atoms with Crippen LogP contribution in [-0.4, -0.2) is 47.9 Å². The van der Waals surface area contributed by atoms with Gasteiger partial charge in [0.1, 0.15) is 17.0 Å². The quantitative estimate of drug-likeness (QED) is 0.513. The summed E-state index contributed by atoms with van der Waals surface area (Å²) in [5.74, 6) is 0.656. The van der Waals surface area contributed by atoms with Crippen molar-refractivity contribution < 1.29 is 14.3 Å². The van der Waals surface area contributed by atoms with E-state index in [1.54, 1.807) is 0 Å². The Morgan fingerprint density at radius 1 is 1.77 bits per heavy atom. The Hall–Kier alpha value is -0.490. The van der Waals surface area contributed by atoms with Crippen LogP contribution in [0.25, 0.3) is 0 Å². The fourth-order valence-electron chi connectivity index (χ4n) is 0.741. The topological polar surface area (TPSA) is 38.8 Å². The Labute approximate surface area is 86.6 Å². The van der Waals surface area contributed by atoms with Crippen molar-refractivity contribution in [1.29, 1.82) is 0 Å². The SMILES string of the molecule is CN(C)C(=S)SCC1COC(=O)O1. The summed E-state index contributed by atoms with van der Waals surface area (Å²) in [4.78, 5) is 12.4. The van der Waals surface area contributed by atoms with Crippen LogP contribution in [0.3, 0.4) is 0 Å². The maximum absolute atomic E-state index is 10.5. The van der Waals surface area contributed by atoms with Gasteiger partial charge in [0.2, 0.25) is 0 Å². The molecule has 0 bridgehead atoms. The van der Waals surface area contributed by atoms with Gasteiger partial charge in [-0.05, 0) is 0 Å². The Bertz CT molecular complexity index is 220. The maximum Gasteiger partial charge on any atom is 0.508 e. The first-order chi connectivity index (χ1) is 6.09. The Morgan fingerprint density at radius 2 is 2.46 bits per heavy atom. The lowest BCUT2D eigenvalue weighted by molar-refractivity contribution is 0.122. The fourth-order valence-corrected chi connectivity index (χ4v) is 1.70. The van der Waals surface area contributed by atoms with Gasteiger partial charge in [-0.1, -0.05) is 24.0 Å². The molecule has 0 aromatic carbocycles. The van der Waals surface area contributed by atoms with Crippen molar-refractivity contribution in [2.45, 2.75) is 6.10 Å². The van der Waals surface area contributed by atoms with E-state index in [9.17, 15) is 4.79 Å². The number of ether oxygens (including phenoxy) is 2. The minimum absolute atomic E-state index is 0.157. The van der Waals surface area contributed by atoms with Gasteiger partial charge in [0.05, 0.1) is 0 Å². The van der Waals surface area contributed by atoms with Crippen LogP contribution in [-0.2, 0) is 9.47 Å². The molecule has 0 aromatic rings. The molecular formula is C7H11NO3S2. The van der Waals surface area contributed by atoms with Crippen LogP contribution in [0.4, 0.5) is 4.79 Å². The molecule has 1 rings (SSSR count). The highest BCUT2D eigenvalue weighted by Crippen LogP contribution is 2.14. The third-order valence-corrected chi connectivity index (χ3v) is 3.28. The smallest absolute Gasteiger partial charge is 0.430 e. The number of cyclic esters (lactones) is 2. The van der Waals surface area contributed by atoms with Gasteiger partial charge in [0, 0.05) is 19.8 Å². The number of rotatable bonds is 2. The molecule has 13 heavy (non-hydrogen) atoms. The van der Waals surface area contributed by atoms with E-state index in [-0.39, 0.29) is 6.10 Å². The van der Waals surface area contributed by atoms with Crippen LogP contribution in [0, 0.1) is 0 Å². The van der Waals surface area contributed by atoms with Crippen molar-refractivity contribution in [1.82, 2.24) is 4.90 Å². The predicted octanol–water partition coefficient (Wildman–Crippen LogP) is 1.10. The lowest BCUT2D eigenvalue weighted by Crippen LogP contribution is -2.20. The summed E-state index contributed by atoms with van der Waals surface area (Å²) in [5.41, 5.74) is 0. The van der Waals surface area contributed by atoms with Gasteiger partial charge < -0.3 is 14.4 Å². The van der Waals surface area contributed by atoms with E-state index in [0.717, 1.165) is 4.32 Å². The van der Waals surface area contributed by atoms with Crippen LogP contribution in [0.1, 0.15) is 0 Å². The molecule has 0 saturated carbocycles. The number of carbonyl (C=O) groups is 1. The van der Waals surface area contributed by atoms with Gasteiger partial charge in [0.25, 0.3) is 0 Å². The van der Waals surface area contributed by atoms with Crippen LogP contribution in [0.5, 0.6) is 0 Å². The lowest BCUT2D eigenvalue weighted by atomic mass is 10.4. The lowest BCUT2D eigenvalue weighted by Gasteiger charge is -2.13. The largest absolute Gasteiger partial charge is 0.508 e. The zero-order chi connectivity index (χ0) is 9.84. The number of hydrogen-bond acceptors (Lipinski definition) is 5. The Kier molecular flexibility index (Phi) is 3.80. The van der Waals surface area contributed by atoms with Gasteiger partial charge in [-0.2, -0.15) is 0 Å². The molecule has 0 aromatic heterocycles. The van der Waals surface area contributed by atoms with Crippen molar-refractivity contribution in [3.8, 4) is 0 Å². The minimum atomic E-state index is -0.582. The second kappa shape index (κ2) is 4.66. The van der Waals surface area contributed by atoms with Crippen LogP contribution < -0.4 is 0 Å². The summed E-state index contributed by atoms with van der Waals surface area (Å²) >= 11 is 6.53. The van der Waals surface area contributed by atoms with Crippen molar-refractivity contribution in [3.63, 3.8) is 0 Å². The average Bonchev–Trinajstić information content (AvgIpc) is 2.47. The van der Waals surface area contributed by atoms with Crippen LogP contribution in [0.2, 0.25) is 0 Å². The standard InChI is InChI=1S/C7H11NO3S2/c1-8(2)6(12)13-4-5-3-10-7(9)11-5/h5H,3-4H2,1-2H3. The zero-order valence-corrected chi connectivity index (χ0v) is 9.11. The Morgan fingerprint density at radius 3 is 2.92 bits per heavy atom. The van der Waals surface area contributed by atoms with E-state index in [4.69, 9.17) is 17.0 Å². The third kappa shape index (κ3) is 3.40. The van der Waals surface area contributed by atoms with E-state index < -0.39 is 6.16 Å². The number of hydrogen-bond donors (Lipinski definition) is 0. The number of carbonyl (C=O) groups excluding carboxylic acids is 1. The first kappa shape index (κ1) is 10.6. The monoisotopic (exact) mass is 221 g/mol. The first-order valence-corrected chi connectivity index (χ1v) is 5.16. The number of nitrogens with zero attached hydrogens (tertiary/aromatic N) is 1. The van der Waals surface area contributed by atoms with Crippen molar-refractivity contribution in [2.75, 3.05) is 26.5 Å². The molecule has 4 nitrogen and oxygen atoms in total. The van der Waals surface area contributed by atoms with E-state index >= 15 is 0 Å². The summed E-state index contributed by atoms with van der Waals surface area (Å²) in [6.45, 7) is 0.335. The van der Waals surface area contributed by atoms with Crippen molar-refractivity contribution in [3.05, 3.63) is 0 Å². The predicted molar refractivity (Wildman–Crippen MR) is 55.0 cm³/mol. The van der Waals surface area contributed by atoms with Gasteiger partial charge in [-0.25, -0.2) is 4.79 Å². The van der Waals surface area contributed by atoms with E-state index in [0.29, 0.717) is 12.4 Å². The second-order valence-electron chi connectivity index (χ2n) is 2.77. The molecule has 1 aliphatic heterocycles. The van der Waals surface area contributed by atoms with Crippen molar-refractivity contribution in [2.24, 2.45) is 0 Å². The summed E-state index contributed by atoms with van der Waals surface area (Å²) in [5, 5.41) is 0. The molecule has 1 heterocycles. The molecule has 1 aliphatic rings. The van der Waals surface area contributed by atoms with Crippen molar-refractivity contribution >= 4 is 34.5 Å². The third-order valence-electron chi connectivity index (χ3n) is 1.41. The van der Waals surface area contributed by atoms with Gasteiger partial charge >= 0.3 is 6.16 Å². The fraction of sp³-hybridized carbons (Fsp3) is 0.714. The zero-order valence-electron chi connectivity index (χ0n) is 7.48. The van der Waals surface area contributed by atoms with Gasteiger partial charge in [0.15, 0.2) is 0 Å². The molecule has 0 radical (unpaired) electrons. The molecule has 0 N–H and O–H groups in total. The van der Waals surface area contributed by atoms with E-state index in [2.05, 4.69) is 4.74 Å². The molecule has 1 unspecified atom stereocenters. The average molecular weight is 221 g/mol. The minimum Gasteiger partial charge on any atom is -0.430 e. The molecule has 1 saturated heterocycles. The highest BCUT2D eigenvalue weighted by atomic mass is 32.2. The maximum atomic E-state index is 10.5. The van der Waals surface area contributed by atoms with Gasteiger partial charge in [-0.15, -0.1) is 0 Å². The van der Waals surface area contributed by atoms with Crippen LogP contribution >= 0.6 is 24.0 Å².